The SMILES string of the molecule is CCOC(=O)C1CN(I)CCC1c1ccccc1C=O. The number of piperidine rings is 1. The van der Waals surface area contributed by atoms with Crippen LogP contribution in [-0.4, -0.2) is 35.1 Å². The monoisotopic (exact) mass is 387 g/mol. The Balaban J connectivity index is 2.31. The van der Waals surface area contributed by atoms with E-state index in [2.05, 4.69) is 26.0 Å². The van der Waals surface area contributed by atoms with Gasteiger partial charge in [-0.25, -0.2) is 3.11 Å². The van der Waals surface area contributed by atoms with Gasteiger partial charge in [0, 0.05) is 47.4 Å². The Labute approximate surface area is 133 Å². The maximum atomic E-state index is 12.2. The van der Waals surface area contributed by atoms with Crippen LogP contribution in [0.1, 0.15) is 35.2 Å². The number of esters is 1. The number of rotatable bonds is 4. The predicted molar refractivity (Wildman–Crippen MR) is 84.9 cm³/mol. The van der Waals surface area contributed by atoms with Crippen molar-refractivity contribution in [2.24, 2.45) is 5.92 Å². The maximum absolute atomic E-state index is 12.2. The van der Waals surface area contributed by atoms with Crippen LogP contribution in [0.4, 0.5) is 0 Å². The third kappa shape index (κ3) is 3.38. The smallest absolute Gasteiger partial charge is 0.310 e. The summed E-state index contributed by atoms with van der Waals surface area (Å²) in [6.45, 7) is 3.78. The quantitative estimate of drug-likeness (QED) is 0.345. The summed E-state index contributed by atoms with van der Waals surface area (Å²) >= 11 is 2.24. The molecule has 1 aromatic rings. The van der Waals surface area contributed by atoms with Gasteiger partial charge in [0.2, 0.25) is 0 Å². The highest BCUT2D eigenvalue weighted by Crippen LogP contribution is 2.36. The van der Waals surface area contributed by atoms with Crippen molar-refractivity contribution < 1.29 is 14.3 Å². The molecule has 0 aromatic heterocycles. The fraction of sp³-hybridized carbons (Fsp3) is 0.467. The molecule has 2 atom stereocenters. The summed E-state index contributed by atoms with van der Waals surface area (Å²) in [5, 5.41) is 0. The van der Waals surface area contributed by atoms with Gasteiger partial charge in [-0.2, -0.15) is 0 Å². The zero-order valence-electron chi connectivity index (χ0n) is 11.4. The van der Waals surface area contributed by atoms with E-state index in [1.807, 2.05) is 25.1 Å². The molecule has 2 unspecified atom stereocenters. The zero-order valence-corrected chi connectivity index (χ0v) is 13.6. The summed E-state index contributed by atoms with van der Waals surface area (Å²) in [6.07, 6.45) is 1.73. The third-order valence-corrected chi connectivity index (χ3v) is 4.55. The van der Waals surface area contributed by atoms with Crippen LogP contribution < -0.4 is 0 Å². The van der Waals surface area contributed by atoms with Gasteiger partial charge < -0.3 is 4.74 Å². The molecule has 1 aliphatic heterocycles. The van der Waals surface area contributed by atoms with E-state index in [0.29, 0.717) is 18.7 Å². The van der Waals surface area contributed by atoms with Gasteiger partial charge in [0.05, 0.1) is 12.5 Å². The molecular weight excluding hydrogens is 369 g/mol. The fourth-order valence-corrected chi connectivity index (χ4v) is 3.43. The van der Waals surface area contributed by atoms with E-state index in [0.717, 1.165) is 24.8 Å². The fourth-order valence-electron chi connectivity index (χ4n) is 2.73. The summed E-state index contributed by atoms with van der Waals surface area (Å²) in [5.74, 6) is -0.317. The highest BCUT2D eigenvalue weighted by Gasteiger charge is 2.36. The van der Waals surface area contributed by atoms with Crippen molar-refractivity contribution in [3.8, 4) is 0 Å². The molecule has 2 rings (SSSR count). The number of nitrogens with zero attached hydrogens (tertiary/aromatic N) is 1. The van der Waals surface area contributed by atoms with Crippen molar-refractivity contribution in [2.45, 2.75) is 19.3 Å². The molecule has 4 nitrogen and oxygen atoms in total. The van der Waals surface area contributed by atoms with Crippen molar-refractivity contribution in [3.05, 3.63) is 35.4 Å². The van der Waals surface area contributed by atoms with Crippen LogP contribution >= 0.6 is 22.9 Å². The van der Waals surface area contributed by atoms with Crippen LogP contribution in [0.2, 0.25) is 0 Å². The van der Waals surface area contributed by atoms with E-state index >= 15 is 0 Å². The number of halogens is 1. The normalized spacial score (nSPS) is 23.3. The molecule has 0 saturated carbocycles. The lowest BCUT2D eigenvalue weighted by molar-refractivity contribution is -0.149. The highest BCUT2D eigenvalue weighted by atomic mass is 127. The van der Waals surface area contributed by atoms with Crippen molar-refractivity contribution in [2.75, 3.05) is 19.7 Å². The average molecular weight is 387 g/mol. The molecule has 1 aliphatic rings. The number of carbonyl (C=O) groups is 2. The number of carbonyl (C=O) groups excluding carboxylic acids is 2. The molecular formula is C15H18INO3. The Morgan fingerprint density at radius 2 is 2.25 bits per heavy atom. The first-order chi connectivity index (χ1) is 9.67. The predicted octanol–water partition coefficient (Wildman–Crippen LogP) is 2.82. The first-order valence-corrected chi connectivity index (χ1v) is 7.75. The molecule has 1 aromatic carbocycles. The van der Waals surface area contributed by atoms with Gasteiger partial charge in [-0.1, -0.05) is 24.3 Å². The second-order valence-electron chi connectivity index (χ2n) is 4.87. The van der Waals surface area contributed by atoms with Gasteiger partial charge in [-0.15, -0.1) is 0 Å². The van der Waals surface area contributed by atoms with Gasteiger partial charge in [0.1, 0.15) is 6.29 Å². The second kappa shape index (κ2) is 7.17. The molecule has 0 bridgehead atoms. The standard InChI is InChI=1S/C15H18INO3/c1-2-20-15(19)14-9-17(16)8-7-13(14)12-6-4-3-5-11(12)10-18/h3-6,10,13-14H,2,7-9H2,1H3. The van der Waals surface area contributed by atoms with E-state index in [9.17, 15) is 9.59 Å². The Kier molecular flexibility index (Phi) is 5.54. The first-order valence-electron chi connectivity index (χ1n) is 6.78. The number of benzene rings is 1. The zero-order chi connectivity index (χ0) is 14.5. The van der Waals surface area contributed by atoms with Crippen LogP contribution in [0.25, 0.3) is 0 Å². The molecule has 0 aliphatic carbocycles. The summed E-state index contributed by atoms with van der Waals surface area (Å²) in [7, 11) is 0. The minimum absolute atomic E-state index is 0.0569. The van der Waals surface area contributed by atoms with Crippen molar-refractivity contribution in [1.29, 1.82) is 0 Å². The number of ether oxygens (including phenoxy) is 1. The van der Waals surface area contributed by atoms with Crippen LogP contribution in [0.15, 0.2) is 24.3 Å². The lowest BCUT2D eigenvalue weighted by atomic mass is 9.79. The van der Waals surface area contributed by atoms with E-state index < -0.39 is 0 Å². The number of aldehydes is 1. The first kappa shape index (κ1) is 15.4. The van der Waals surface area contributed by atoms with Crippen molar-refractivity contribution in [3.63, 3.8) is 0 Å². The molecule has 5 heteroatoms. The maximum Gasteiger partial charge on any atom is 0.310 e. The van der Waals surface area contributed by atoms with Crippen molar-refractivity contribution >= 4 is 35.1 Å². The van der Waals surface area contributed by atoms with Crippen molar-refractivity contribution in [1.82, 2.24) is 3.11 Å². The largest absolute Gasteiger partial charge is 0.466 e. The Bertz CT molecular complexity index is 492. The highest BCUT2D eigenvalue weighted by molar-refractivity contribution is 14.1. The molecule has 0 N–H and O–H groups in total. The molecule has 1 fully saturated rings. The van der Waals surface area contributed by atoms with E-state index in [1.165, 1.54) is 0 Å². The van der Waals surface area contributed by atoms with Crippen LogP contribution in [0.5, 0.6) is 0 Å². The van der Waals surface area contributed by atoms with Crippen LogP contribution in [0, 0.1) is 5.92 Å². The molecule has 0 spiro atoms. The van der Waals surface area contributed by atoms with Gasteiger partial charge in [-0.3, -0.25) is 9.59 Å². The molecule has 0 radical (unpaired) electrons. The third-order valence-electron chi connectivity index (χ3n) is 3.68. The Morgan fingerprint density at radius 3 is 2.95 bits per heavy atom. The second-order valence-corrected chi connectivity index (χ2v) is 6.23. The van der Waals surface area contributed by atoms with Crippen LogP contribution in [0.3, 0.4) is 0 Å². The van der Waals surface area contributed by atoms with E-state index in [4.69, 9.17) is 4.74 Å². The minimum Gasteiger partial charge on any atom is -0.466 e. The Morgan fingerprint density at radius 1 is 1.50 bits per heavy atom. The van der Waals surface area contributed by atoms with Gasteiger partial charge in [0.15, 0.2) is 0 Å². The number of hydrogen-bond acceptors (Lipinski definition) is 4. The van der Waals surface area contributed by atoms with Gasteiger partial charge in [-0.05, 0) is 18.9 Å². The lowest BCUT2D eigenvalue weighted by Gasteiger charge is -2.34. The summed E-state index contributed by atoms with van der Waals surface area (Å²) < 4.78 is 7.31. The minimum atomic E-state index is -0.207. The molecule has 1 saturated heterocycles. The van der Waals surface area contributed by atoms with Gasteiger partial charge in [0.25, 0.3) is 0 Å². The van der Waals surface area contributed by atoms with Gasteiger partial charge >= 0.3 is 5.97 Å². The molecule has 1 heterocycles. The Hall–Kier alpha value is -0.950. The summed E-state index contributed by atoms with van der Waals surface area (Å²) in [5.41, 5.74) is 1.64. The number of hydrogen-bond donors (Lipinski definition) is 0. The lowest BCUT2D eigenvalue weighted by Crippen LogP contribution is -2.39. The average Bonchev–Trinajstić information content (AvgIpc) is 2.47. The molecule has 20 heavy (non-hydrogen) atoms. The van der Waals surface area contributed by atoms with Crippen LogP contribution in [-0.2, 0) is 9.53 Å². The summed E-state index contributed by atoms with van der Waals surface area (Å²) in [6, 6.07) is 7.52. The topological polar surface area (TPSA) is 46.6 Å². The van der Waals surface area contributed by atoms with E-state index in [-0.39, 0.29) is 17.8 Å². The summed E-state index contributed by atoms with van der Waals surface area (Å²) in [4.78, 5) is 23.4. The van der Waals surface area contributed by atoms with E-state index in [1.54, 1.807) is 6.07 Å². The molecule has 0 amide bonds. The molecule has 108 valence electrons.